The summed E-state index contributed by atoms with van der Waals surface area (Å²) >= 11 is 6.11. The summed E-state index contributed by atoms with van der Waals surface area (Å²) in [5.74, 6) is -0.407. The maximum absolute atomic E-state index is 11.9. The topological polar surface area (TPSA) is 69.2 Å². The highest BCUT2D eigenvalue weighted by Crippen LogP contribution is 2.22. The van der Waals surface area contributed by atoms with Gasteiger partial charge in [0.2, 0.25) is 5.91 Å². The van der Waals surface area contributed by atoms with Gasteiger partial charge in [-0.15, -0.1) is 0 Å². The van der Waals surface area contributed by atoms with Crippen LogP contribution in [0.5, 0.6) is 5.75 Å². The van der Waals surface area contributed by atoms with Crippen molar-refractivity contribution in [1.29, 1.82) is 0 Å². The van der Waals surface area contributed by atoms with Gasteiger partial charge in [-0.3, -0.25) is 4.79 Å². The molecule has 1 fully saturated rings. The molecule has 0 radical (unpaired) electrons. The third kappa shape index (κ3) is 5.79. The summed E-state index contributed by atoms with van der Waals surface area (Å²) in [6.07, 6.45) is 1.66. The molecule has 1 amide bonds. The number of hydrogen-bond donors (Lipinski definition) is 1. The van der Waals surface area contributed by atoms with Gasteiger partial charge in [-0.2, -0.15) is 5.10 Å². The molecule has 1 heterocycles. The number of hydrazone groups is 1. The highest BCUT2D eigenvalue weighted by atomic mass is 35.5. The van der Waals surface area contributed by atoms with Gasteiger partial charge < -0.3 is 14.2 Å². The highest BCUT2D eigenvalue weighted by Gasteiger charge is 2.33. The van der Waals surface area contributed by atoms with Crippen LogP contribution >= 0.6 is 11.6 Å². The van der Waals surface area contributed by atoms with Crippen molar-refractivity contribution in [2.75, 3.05) is 13.2 Å². The van der Waals surface area contributed by atoms with E-state index in [2.05, 4.69) is 10.5 Å². The molecule has 1 aliphatic rings. The second kappa shape index (κ2) is 8.99. The van der Waals surface area contributed by atoms with E-state index in [0.717, 1.165) is 16.9 Å². The van der Waals surface area contributed by atoms with Crippen LogP contribution in [0.4, 0.5) is 0 Å². The average molecular weight is 389 g/mol. The van der Waals surface area contributed by atoms with Crippen LogP contribution in [-0.4, -0.2) is 31.1 Å². The summed E-state index contributed by atoms with van der Waals surface area (Å²) in [5.41, 5.74) is 4.24. The molecule has 1 aliphatic heterocycles. The second-order valence-corrected chi connectivity index (χ2v) is 6.66. The Balaban J connectivity index is 1.46. The molecule has 142 valence electrons. The zero-order valence-electron chi connectivity index (χ0n) is 15.0. The maximum Gasteiger partial charge on any atom is 0.245 e. The molecule has 7 heteroatoms. The van der Waals surface area contributed by atoms with Crippen LogP contribution in [0.25, 0.3) is 0 Å². The zero-order valence-corrected chi connectivity index (χ0v) is 15.7. The molecule has 0 aromatic heterocycles. The van der Waals surface area contributed by atoms with Crippen LogP contribution in [-0.2, 0) is 20.9 Å². The molecular formula is C20H21ClN2O4. The Hall–Kier alpha value is -2.41. The average Bonchev–Trinajstić information content (AvgIpc) is 3.08. The SMILES string of the molecule is CC1(CC(=O)N/N=C\c2ccc(OCc3ccccc3Cl)cc2)OCCO1. The third-order valence-electron chi connectivity index (χ3n) is 4.01. The van der Waals surface area contributed by atoms with E-state index in [1.807, 2.05) is 48.5 Å². The molecule has 3 rings (SSSR count). The fourth-order valence-electron chi connectivity index (χ4n) is 2.60. The first kappa shape index (κ1) is 19.4. The summed E-state index contributed by atoms with van der Waals surface area (Å²) in [6.45, 7) is 3.13. The fraction of sp³-hybridized carbons (Fsp3) is 0.300. The monoisotopic (exact) mass is 388 g/mol. The first-order valence-electron chi connectivity index (χ1n) is 8.60. The second-order valence-electron chi connectivity index (χ2n) is 6.25. The van der Waals surface area contributed by atoms with E-state index in [1.165, 1.54) is 0 Å². The van der Waals surface area contributed by atoms with Gasteiger partial charge in [0.1, 0.15) is 12.4 Å². The van der Waals surface area contributed by atoms with Crippen molar-refractivity contribution in [3.8, 4) is 5.75 Å². The molecule has 0 aliphatic carbocycles. The largest absolute Gasteiger partial charge is 0.489 e. The lowest BCUT2D eigenvalue weighted by molar-refractivity contribution is -0.159. The first-order chi connectivity index (χ1) is 13.0. The Morgan fingerprint density at radius 2 is 1.93 bits per heavy atom. The predicted octanol–water partition coefficient (Wildman–Crippen LogP) is 3.52. The molecule has 2 aromatic rings. The van der Waals surface area contributed by atoms with Crippen molar-refractivity contribution in [2.24, 2.45) is 5.10 Å². The number of benzene rings is 2. The lowest BCUT2D eigenvalue weighted by Gasteiger charge is -2.20. The minimum atomic E-state index is -0.861. The summed E-state index contributed by atoms with van der Waals surface area (Å²) < 4.78 is 16.5. The van der Waals surface area contributed by atoms with Gasteiger partial charge in [0, 0.05) is 10.6 Å². The summed E-state index contributed by atoms with van der Waals surface area (Å²) in [5, 5.41) is 4.64. The summed E-state index contributed by atoms with van der Waals surface area (Å²) in [7, 11) is 0. The molecule has 1 N–H and O–H groups in total. The van der Waals surface area contributed by atoms with Crippen molar-refractivity contribution < 1.29 is 19.0 Å². The summed E-state index contributed by atoms with van der Waals surface area (Å²) in [6, 6.07) is 14.9. The number of nitrogens with one attached hydrogen (secondary N) is 1. The standard InChI is InChI=1S/C20H21ClN2O4/c1-20(26-10-11-27-20)12-19(24)23-22-13-15-6-8-17(9-7-15)25-14-16-4-2-3-5-18(16)21/h2-9,13H,10-12,14H2,1H3,(H,23,24)/b22-13-. The van der Waals surface area contributed by atoms with Crippen LogP contribution in [0.2, 0.25) is 5.02 Å². The smallest absolute Gasteiger partial charge is 0.245 e. The van der Waals surface area contributed by atoms with Crippen molar-refractivity contribution in [2.45, 2.75) is 25.7 Å². The van der Waals surface area contributed by atoms with Crippen LogP contribution < -0.4 is 10.2 Å². The van der Waals surface area contributed by atoms with E-state index < -0.39 is 5.79 Å². The Kier molecular flexibility index (Phi) is 6.45. The van der Waals surface area contributed by atoms with Gasteiger partial charge in [0.05, 0.1) is 25.8 Å². The van der Waals surface area contributed by atoms with Crippen molar-refractivity contribution in [3.63, 3.8) is 0 Å². The van der Waals surface area contributed by atoms with Crippen LogP contribution in [0, 0.1) is 0 Å². The Labute approximate surface area is 163 Å². The molecule has 6 nitrogen and oxygen atoms in total. The number of hydrogen-bond acceptors (Lipinski definition) is 5. The molecule has 27 heavy (non-hydrogen) atoms. The molecule has 0 unspecified atom stereocenters. The number of carbonyl (C=O) groups is 1. The normalized spacial score (nSPS) is 15.8. The van der Waals surface area contributed by atoms with E-state index >= 15 is 0 Å². The lowest BCUT2D eigenvalue weighted by atomic mass is 10.2. The van der Waals surface area contributed by atoms with Gasteiger partial charge in [-0.05, 0) is 42.8 Å². The van der Waals surface area contributed by atoms with Crippen molar-refractivity contribution >= 4 is 23.7 Å². The van der Waals surface area contributed by atoms with E-state index in [1.54, 1.807) is 13.1 Å². The van der Waals surface area contributed by atoms with Gasteiger partial charge >= 0.3 is 0 Å². The lowest BCUT2D eigenvalue weighted by Crippen LogP contribution is -2.33. The van der Waals surface area contributed by atoms with Crippen molar-refractivity contribution in [1.82, 2.24) is 5.43 Å². The Morgan fingerprint density at radius 3 is 2.63 bits per heavy atom. The molecule has 0 atom stereocenters. The summed E-state index contributed by atoms with van der Waals surface area (Å²) in [4.78, 5) is 11.9. The maximum atomic E-state index is 11.9. The minimum Gasteiger partial charge on any atom is -0.489 e. The molecule has 0 saturated carbocycles. The van der Waals surface area contributed by atoms with Gasteiger partial charge in [0.15, 0.2) is 5.79 Å². The zero-order chi connectivity index (χ0) is 19.1. The molecule has 2 aromatic carbocycles. The van der Waals surface area contributed by atoms with Crippen LogP contribution in [0.15, 0.2) is 53.6 Å². The molecule has 1 saturated heterocycles. The number of ether oxygens (including phenoxy) is 3. The van der Waals surface area contributed by atoms with E-state index in [0.29, 0.717) is 24.8 Å². The predicted molar refractivity (Wildman–Crippen MR) is 103 cm³/mol. The van der Waals surface area contributed by atoms with Gasteiger partial charge in [-0.1, -0.05) is 29.8 Å². The Morgan fingerprint density at radius 1 is 1.22 bits per heavy atom. The van der Waals surface area contributed by atoms with Gasteiger partial charge in [0.25, 0.3) is 0 Å². The number of amides is 1. The molecular weight excluding hydrogens is 368 g/mol. The number of halogens is 1. The van der Waals surface area contributed by atoms with E-state index in [9.17, 15) is 4.79 Å². The van der Waals surface area contributed by atoms with Crippen molar-refractivity contribution in [3.05, 3.63) is 64.7 Å². The quantitative estimate of drug-likeness (QED) is 0.582. The van der Waals surface area contributed by atoms with E-state index in [4.69, 9.17) is 25.8 Å². The third-order valence-corrected chi connectivity index (χ3v) is 4.38. The fourth-order valence-corrected chi connectivity index (χ4v) is 2.79. The number of carbonyl (C=O) groups excluding carboxylic acids is 1. The minimum absolute atomic E-state index is 0.0964. The van der Waals surface area contributed by atoms with E-state index in [-0.39, 0.29) is 12.3 Å². The van der Waals surface area contributed by atoms with Gasteiger partial charge in [-0.25, -0.2) is 5.43 Å². The molecule has 0 spiro atoms. The van der Waals surface area contributed by atoms with Crippen LogP contribution in [0.3, 0.4) is 0 Å². The van der Waals surface area contributed by atoms with Crippen LogP contribution in [0.1, 0.15) is 24.5 Å². The first-order valence-corrected chi connectivity index (χ1v) is 8.98. The number of nitrogens with zero attached hydrogens (tertiary/aromatic N) is 1. The number of rotatable bonds is 7. The highest BCUT2D eigenvalue weighted by molar-refractivity contribution is 6.31. The Bertz CT molecular complexity index is 802. The molecule has 0 bridgehead atoms.